The molecule has 120 valence electrons. The first-order valence-corrected chi connectivity index (χ1v) is 7.07. The number of aliphatic hydroxyl groups excluding tert-OH is 1. The first-order valence-electron chi connectivity index (χ1n) is 7.07. The van der Waals surface area contributed by atoms with Crippen LogP contribution in [0.2, 0.25) is 0 Å². The van der Waals surface area contributed by atoms with E-state index in [0.29, 0.717) is 5.75 Å². The number of hydrogen-bond donors (Lipinski definition) is 3. The summed E-state index contributed by atoms with van der Waals surface area (Å²) in [6.07, 6.45) is -0.879. The maximum atomic E-state index is 12.0. The van der Waals surface area contributed by atoms with Gasteiger partial charge in [-0.1, -0.05) is 36.4 Å². The molecule has 0 fully saturated rings. The number of ether oxygens (including phenoxy) is 1. The van der Waals surface area contributed by atoms with E-state index in [0.717, 1.165) is 15.8 Å². The summed E-state index contributed by atoms with van der Waals surface area (Å²) in [6, 6.07) is 13.1. The van der Waals surface area contributed by atoms with E-state index in [4.69, 9.17) is 9.84 Å². The molecule has 1 atom stereocenters. The van der Waals surface area contributed by atoms with E-state index in [1.165, 1.54) is 0 Å². The highest BCUT2D eigenvalue weighted by molar-refractivity contribution is 6.13. The molecule has 0 saturated carbocycles. The lowest BCUT2D eigenvalue weighted by Crippen LogP contribution is -2.49. The standard InChI is InChI=1S/C16H16N2O5/c1-10(18-15(20)16(21,22)14(9-19)17-18)23-13-8-4-6-11-5-2-3-7-12(11)13/h2-8,10,19,21-22H,9H2,1H3. The molecular formula is C16H16N2O5. The quantitative estimate of drug-likeness (QED) is 0.710. The van der Waals surface area contributed by atoms with E-state index in [-0.39, 0.29) is 0 Å². The van der Waals surface area contributed by atoms with Gasteiger partial charge in [0.05, 0.1) is 6.61 Å². The third kappa shape index (κ3) is 2.55. The van der Waals surface area contributed by atoms with E-state index in [1.807, 2.05) is 36.4 Å². The number of carbonyl (C=O) groups is 1. The third-order valence-electron chi connectivity index (χ3n) is 3.68. The minimum atomic E-state index is -2.80. The Bertz CT molecular complexity index is 782. The zero-order valence-electron chi connectivity index (χ0n) is 12.4. The van der Waals surface area contributed by atoms with Gasteiger partial charge in [0.1, 0.15) is 11.5 Å². The molecule has 3 rings (SSSR count). The Morgan fingerprint density at radius 3 is 2.61 bits per heavy atom. The van der Waals surface area contributed by atoms with Gasteiger partial charge in [0.2, 0.25) is 0 Å². The van der Waals surface area contributed by atoms with Crippen LogP contribution in [0.15, 0.2) is 47.6 Å². The van der Waals surface area contributed by atoms with Gasteiger partial charge in [-0.2, -0.15) is 10.1 Å². The van der Waals surface area contributed by atoms with Crippen LogP contribution < -0.4 is 4.74 Å². The zero-order chi connectivity index (χ0) is 16.6. The van der Waals surface area contributed by atoms with E-state index in [9.17, 15) is 15.0 Å². The molecular weight excluding hydrogens is 300 g/mol. The van der Waals surface area contributed by atoms with Crippen molar-refractivity contribution in [2.75, 3.05) is 6.61 Å². The molecule has 2 aromatic carbocycles. The van der Waals surface area contributed by atoms with E-state index in [1.54, 1.807) is 13.0 Å². The number of nitrogens with zero attached hydrogens (tertiary/aromatic N) is 2. The van der Waals surface area contributed by atoms with Gasteiger partial charge in [-0.05, 0) is 18.4 Å². The molecule has 3 N–H and O–H groups in total. The number of rotatable bonds is 4. The topological polar surface area (TPSA) is 103 Å². The Kier molecular flexibility index (Phi) is 3.77. The minimum Gasteiger partial charge on any atom is -0.468 e. The van der Waals surface area contributed by atoms with Crippen LogP contribution in [0.25, 0.3) is 10.8 Å². The van der Waals surface area contributed by atoms with Crippen LogP contribution in [0, 0.1) is 0 Å². The Morgan fingerprint density at radius 1 is 1.22 bits per heavy atom. The number of hydrazone groups is 1. The number of amides is 1. The lowest BCUT2D eigenvalue weighted by molar-refractivity contribution is -0.174. The molecule has 0 saturated heterocycles. The number of aliphatic hydroxyl groups is 3. The Labute approximate surface area is 132 Å². The SMILES string of the molecule is CC(Oc1cccc2ccccc12)N1N=C(CO)C(O)(O)C1=O. The molecule has 2 aromatic rings. The van der Waals surface area contributed by atoms with Crippen molar-refractivity contribution >= 4 is 22.4 Å². The molecule has 1 heterocycles. The summed E-state index contributed by atoms with van der Waals surface area (Å²) in [5.74, 6) is -3.32. The van der Waals surface area contributed by atoms with Crippen molar-refractivity contribution in [1.82, 2.24) is 5.01 Å². The summed E-state index contributed by atoms with van der Waals surface area (Å²) < 4.78 is 5.76. The fourth-order valence-corrected chi connectivity index (χ4v) is 2.45. The molecule has 1 aliphatic rings. The predicted molar refractivity (Wildman–Crippen MR) is 82.6 cm³/mol. The fourth-order valence-electron chi connectivity index (χ4n) is 2.45. The molecule has 1 unspecified atom stereocenters. The van der Waals surface area contributed by atoms with Crippen molar-refractivity contribution in [3.63, 3.8) is 0 Å². The normalized spacial score (nSPS) is 18.2. The summed E-state index contributed by atoms with van der Waals surface area (Å²) in [4.78, 5) is 12.0. The second kappa shape index (κ2) is 5.62. The second-order valence-electron chi connectivity index (χ2n) is 5.22. The Morgan fingerprint density at radius 2 is 1.91 bits per heavy atom. The van der Waals surface area contributed by atoms with Crippen LogP contribution in [-0.4, -0.2) is 50.6 Å². The van der Waals surface area contributed by atoms with E-state index >= 15 is 0 Å². The smallest absolute Gasteiger partial charge is 0.312 e. The van der Waals surface area contributed by atoms with Crippen LogP contribution in [0.3, 0.4) is 0 Å². The van der Waals surface area contributed by atoms with E-state index < -0.39 is 30.2 Å². The highest BCUT2D eigenvalue weighted by Crippen LogP contribution is 2.28. The lowest BCUT2D eigenvalue weighted by Gasteiger charge is -2.24. The average molecular weight is 316 g/mol. The van der Waals surface area contributed by atoms with Crippen molar-refractivity contribution < 1.29 is 24.9 Å². The first kappa shape index (κ1) is 15.4. The molecule has 0 spiro atoms. The molecule has 7 heteroatoms. The first-order chi connectivity index (χ1) is 10.9. The van der Waals surface area contributed by atoms with Gasteiger partial charge in [0.15, 0.2) is 6.23 Å². The maximum Gasteiger partial charge on any atom is 0.312 e. The van der Waals surface area contributed by atoms with Crippen LogP contribution in [0.4, 0.5) is 0 Å². The lowest BCUT2D eigenvalue weighted by atomic mass is 10.1. The van der Waals surface area contributed by atoms with Crippen LogP contribution >= 0.6 is 0 Å². The number of hydrogen-bond acceptors (Lipinski definition) is 6. The number of carbonyl (C=O) groups excluding carboxylic acids is 1. The van der Waals surface area contributed by atoms with Gasteiger partial charge in [-0.3, -0.25) is 4.79 Å². The Balaban J connectivity index is 1.89. The molecule has 1 amide bonds. The van der Waals surface area contributed by atoms with Gasteiger partial charge in [-0.25, -0.2) is 0 Å². The molecule has 0 aliphatic carbocycles. The van der Waals surface area contributed by atoms with Gasteiger partial charge in [0, 0.05) is 5.39 Å². The van der Waals surface area contributed by atoms with Gasteiger partial charge >= 0.3 is 5.91 Å². The molecule has 0 bridgehead atoms. The minimum absolute atomic E-state index is 0.434. The summed E-state index contributed by atoms with van der Waals surface area (Å²) in [6.45, 7) is 0.815. The highest BCUT2D eigenvalue weighted by Gasteiger charge is 2.50. The van der Waals surface area contributed by atoms with Gasteiger partial charge < -0.3 is 20.1 Å². The maximum absolute atomic E-state index is 12.0. The van der Waals surface area contributed by atoms with E-state index in [2.05, 4.69) is 5.10 Å². The van der Waals surface area contributed by atoms with Gasteiger partial charge in [-0.15, -0.1) is 0 Å². The average Bonchev–Trinajstić information content (AvgIpc) is 2.78. The van der Waals surface area contributed by atoms with Crippen LogP contribution in [0.5, 0.6) is 5.75 Å². The summed E-state index contributed by atoms with van der Waals surface area (Å²) in [5, 5.41) is 34.9. The summed E-state index contributed by atoms with van der Waals surface area (Å²) in [5.41, 5.74) is -0.434. The Hall–Kier alpha value is -2.48. The summed E-state index contributed by atoms with van der Waals surface area (Å²) in [7, 11) is 0. The number of fused-ring (bicyclic) bond motifs is 1. The van der Waals surface area contributed by atoms with Crippen molar-refractivity contribution in [1.29, 1.82) is 0 Å². The van der Waals surface area contributed by atoms with Crippen molar-refractivity contribution in [2.24, 2.45) is 5.10 Å². The molecule has 0 radical (unpaired) electrons. The fraction of sp³-hybridized carbons (Fsp3) is 0.250. The summed E-state index contributed by atoms with van der Waals surface area (Å²) >= 11 is 0. The van der Waals surface area contributed by atoms with Crippen LogP contribution in [0.1, 0.15) is 6.92 Å². The molecule has 7 nitrogen and oxygen atoms in total. The molecule has 1 aliphatic heterocycles. The second-order valence-corrected chi connectivity index (χ2v) is 5.22. The highest BCUT2D eigenvalue weighted by atomic mass is 16.5. The van der Waals surface area contributed by atoms with Gasteiger partial charge in [0.25, 0.3) is 5.79 Å². The third-order valence-corrected chi connectivity index (χ3v) is 3.68. The monoisotopic (exact) mass is 316 g/mol. The number of benzene rings is 2. The zero-order valence-corrected chi connectivity index (χ0v) is 12.4. The largest absolute Gasteiger partial charge is 0.468 e. The van der Waals surface area contributed by atoms with Crippen LogP contribution in [-0.2, 0) is 4.79 Å². The van der Waals surface area contributed by atoms with Crippen molar-refractivity contribution in [2.45, 2.75) is 18.9 Å². The molecule has 23 heavy (non-hydrogen) atoms. The molecule has 0 aromatic heterocycles. The predicted octanol–water partition coefficient (Wildman–Crippen LogP) is 0.436. The van der Waals surface area contributed by atoms with Crippen molar-refractivity contribution in [3.05, 3.63) is 42.5 Å². The van der Waals surface area contributed by atoms with Crippen molar-refractivity contribution in [3.8, 4) is 5.75 Å².